The molecule has 0 amide bonds. The second-order valence-corrected chi connectivity index (χ2v) is 8.15. The summed E-state index contributed by atoms with van der Waals surface area (Å²) < 4.78 is 12.8. The van der Waals surface area contributed by atoms with Crippen molar-refractivity contribution in [2.45, 2.75) is 24.3 Å². The van der Waals surface area contributed by atoms with Gasteiger partial charge in [0.25, 0.3) is 0 Å². The first-order chi connectivity index (χ1) is 14.1. The summed E-state index contributed by atoms with van der Waals surface area (Å²) in [5.74, 6) is 3.29. The van der Waals surface area contributed by atoms with Crippen LogP contribution in [0.4, 0.5) is 5.82 Å². The van der Waals surface area contributed by atoms with Crippen LogP contribution in [0.25, 0.3) is 11.2 Å². The molecule has 3 heterocycles. The fourth-order valence-corrected chi connectivity index (χ4v) is 4.45. The lowest BCUT2D eigenvalue weighted by Crippen LogP contribution is -2.37. The third-order valence-corrected chi connectivity index (χ3v) is 6.20. The molecule has 0 bridgehead atoms. The van der Waals surface area contributed by atoms with Crippen molar-refractivity contribution in [3.63, 3.8) is 0 Å². The van der Waals surface area contributed by atoms with Crippen LogP contribution in [0, 0.1) is 0 Å². The van der Waals surface area contributed by atoms with Crippen LogP contribution < -0.4 is 9.64 Å². The Morgan fingerprint density at radius 2 is 2.00 bits per heavy atom. The number of imidazole rings is 1. The molecule has 1 aliphatic rings. The lowest BCUT2D eigenvalue weighted by molar-refractivity contribution is 0.122. The number of aryl methyl sites for hydroxylation is 2. The first kappa shape index (κ1) is 20.3. The average molecular weight is 434 g/mol. The van der Waals surface area contributed by atoms with E-state index in [4.69, 9.17) is 36.0 Å². The van der Waals surface area contributed by atoms with Gasteiger partial charge < -0.3 is 18.9 Å². The SMILES string of the molecule is CCc1nc2c(N3CCOCC3)nc(SCc3ccc(OC)c(Cl)c3)nc2n1C. The summed E-state index contributed by atoms with van der Waals surface area (Å²) in [6, 6.07) is 5.82. The number of nitrogens with zero attached hydrogens (tertiary/aromatic N) is 5. The number of rotatable bonds is 6. The van der Waals surface area contributed by atoms with E-state index >= 15 is 0 Å². The van der Waals surface area contributed by atoms with Gasteiger partial charge in [-0.2, -0.15) is 0 Å². The molecule has 7 nitrogen and oxygen atoms in total. The molecule has 2 aromatic heterocycles. The predicted molar refractivity (Wildman–Crippen MR) is 116 cm³/mol. The van der Waals surface area contributed by atoms with E-state index in [1.807, 2.05) is 25.2 Å². The van der Waals surface area contributed by atoms with Crippen molar-refractivity contribution >= 4 is 40.3 Å². The van der Waals surface area contributed by atoms with Gasteiger partial charge in [0.1, 0.15) is 11.6 Å². The fraction of sp³-hybridized carbons (Fsp3) is 0.450. The number of anilines is 1. The molecule has 1 aromatic carbocycles. The number of halogens is 1. The largest absolute Gasteiger partial charge is 0.495 e. The maximum atomic E-state index is 6.26. The van der Waals surface area contributed by atoms with Gasteiger partial charge in [0, 0.05) is 32.3 Å². The van der Waals surface area contributed by atoms with Gasteiger partial charge in [-0.05, 0) is 17.7 Å². The highest BCUT2D eigenvalue weighted by atomic mass is 35.5. The molecule has 3 aromatic rings. The number of aromatic nitrogens is 4. The van der Waals surface area contributed by atoms with E-state index in [1.54, 1.807) is 18.9 Å². The zero-order chi connectivity index (χ0) is 20.4. The van der Waals surface area contributed by atoms with E-state index in [0.29, 0.717) is 24.0 Å². The zero-order valence-electron chi connectivity index (χ0n) is 16.8. The Hall–Kier alpha value is -2.03. The molecule has 154 valence electrons. The summed E-state index contributed by atoms with van der Waals surface area (Å²) >= 11 is 7.85. The predicted octanol–water partition coefficient (Wildman–Crippen LogP) is 3.72. The van der Waals surface area contributed by atoms with Gasteiger partial charge in [0.15, 0.2) is 22.1 Å². The maximum Gasteiger partial charge on any atom is 0.191 e. The third-order valence-electron chi connectivity index (χ3n) is 4.98. The van der Waals surface area contributed by atoms with E-state index in [-0.39, 0.29) is 0 Å². The van der Waals surface area contributed by atoms with E-state index in [1.165, 1.54) is 0 Å². The number of hydrogen-bond donors (Lipinski definition) is 0. The molecule has 0 aliphatic carbocycles. The number of ether oxygens (including phenoxy) is 2. The Morgan fingerprint density at radius 1 is 1.21 bits per heavy atom. The summed E-state index contributed by atoms with van der Waals surface area (Å²) in [5.41, 5.74) is 2.83. The Balaban J connectivity index is 1.66. The highest BCUT2D eigenvalue weighted by molar-refractivity contribution is 7.98. The summed E-state index contributed by atoms with van der Waals surface area (Å²) in [4.78, 5) is 16.7. The van der Waals surface area contributed by atoms with Crippen LogP contribution in [0.15, 0.2) is 23.4 Å². The molecule has 1 fully saturated rings. The molecule has 29 heavy (non-hydrogen) atoms. The fourth-order valence-electron chi connectivity index (χ4n) is 3.40. The maximum absolute atomic E-state index is 6.26. The van der Waals surface area contributed by atoms with Crippen LogP contribution >= 0.6 is 23.4 Å². The summed E-state index contributed by atoms with van der Waals surface area (Å²) in [6.45, 7) is 5.12. The topological polar surface area (TPSA) is 65.3 Å². The third kappa shape index (κ3) is 4.15. The summed E-state index contributed by atoms with van der Waals surface area (Å²) in [7, 11) is 3.63. The molecule has 0 atom stereocenters. The quantitative estimate of drug-likeness (QED) is 0.433. The number of morpholine rings is 1. The van der Waals surface area contributed by atoms with E-state index in [0.717, 1.165) is 58.8 Å². The van der Waals surface area contributed by atoms with E-state index in [9.17, 15) is 0 Å². The van der Waals surface area contributed by atoms with Gasteiger partial charge in [0.05, 0.1) is 25.3 Å². The number of thioether (sulfide) groups is 1. The van der Waals surface area contributed by atoms with Crippen LogP contribution in [0.5, 0.6) is 5.75 Å². The molecule has 0 spiro atoms. The molecule has 0 unspecified atom stereocenters. The minimum Gasteiger partial charge on any atom is -0.495 e. The van der Waals surface area contributed by atoms with Gasteiger partial charge in [-0.15, -0.1) is 0 Å². The van der Waals surface area contributed by atoms with Crippen molar-refractivity contribution < 1.29 is 9.47 Å². The monoisotopic (exact) mass is 433 g/mol. The lowest BCUT2D eigenvalue weighted by Gasteiger charge is -2.28. The normalized spacial score (nSPS) is 14.6. The lowest BCUT2D eigenvalue weighted by atomic mass is 10.2. The van der Waals surface area contributed by atoms with Gasteiger partial charge in [0.2, 0.25) is 0 Å². The Bertz CT molecular complexity index is 1020. The molecule has 9 heteroatoms. The average Bonchev–Trinajstić information content (AvgIpc) is 3.08. The van der Waals surface area contributed by atoms with Crippen LogP contribution in [0.1, 0.15) is 18.3 Å². The zero-order valence-corrected chi connectivity index (χ0v) is 18.4. The number of hydrogen-bond acceptors (Lipinski definition) is 7. The Morgan fingerprint density at radius 3 is 2.69 bits per heavy atom. The van der Waals surface area contributed by atoms with Crippen molar-refractivity contribution in [2.24, 2.45) is 7.05 Å². The van der Waals surface area contributed by atoms with Crippen molar-refractivity contribution in [3.8, 4) is 5.75 Å². The standard InChI is InChI=1S/C20H24ClN5O2S/c1-4-16-22-17-18(25(16)2)23-20(24-19(17)26-7-9-28-10-8-26)29-12-13-5-6-15(27-3)14(21)11-13/h5-6,11H,4,7-10,12H2,1-3H3. The molecule has 0 N–H and O–H groups in total. The van der Waals surface area contributed by atoms with Crippen LogP contribution in [0.3, 0.4) is 0 Å². The van der Waals surface area contributed by atoms with Crippen molar-refractivity contribution in [1.82, 2.24) is 19.5 Å². The first-order valence-corrected chi connectivity index (χ1v) is 11.0. The van der Waals surface area contributed by atoms with Crippen LogP contribution in [-0.4, -0.2) is 52.9 Å². The molecule has 4 rings (SSSR count). The second kappa shape index (κ2) is 8.77. The van der Waals surface area contributed by atoms with E-state index < -0.39 is 0 Å². The van der Waals surface area contributed by atoms with Gasteiger partial charge in [-0.25, -0.2) is 15.0 Å². The van der Waals surface area contributed by atoms with Crippen LogP contribution in [0.2, 0.25) is 5.02 Å². The molecule has 0 radical (unpaired) electrons. The van der Waals surface area contributed by atoms with Crippen molar-refractivity contribution in [3.05, 3.63) is 34.6 Å². The van der Waals surface area contributed by atoms with E-state index in [2.05, 4.69) is 16.4 Å². The summed E-state index contributed by atoms with van der Waals surface area (Å²) in [6.07, 6.45) is 0.849. The minimum atomic E-state index is 0.607. The Labute approximate surface area is 179 Å². The smallest absolute Gasteiger partial charge is 0.191 e. The Kier molecular flexibility index (Phi) is 6.12. The minimum absolute atomic E-state index is 0.607. The highest BCUT2D eigenvalue weighted by Gasteiger charge is 2.21. The highest BCUT2D eigenvalue weighted by Crippen LogP contribution is 2.31. The molecule has 0 saturated carbocycles. The number of methoxy groups -OCH3 is 1. The van der Waals surface area contributed by atoms with Crippen LogP contribution in [-0.2, 0) is 24.0 Å². The summed E-state index contributed by atoms with van der Waals surface area (Å²) in [5, 5.41) is 1.34. The molecular weight excluding hydrogens is 410 g/mol. The molecule has 1 aliphatic heterocycles. The second-order valence-electron chi connectivity index (χ2n) is 6.80. The molecular formula is C20H24ClN5O2S. The van der Waals surface area contributed by atoms with Gasteiger partial charge >= 0.3 is 0 Å². The van der Waals surface area contributed by atoms with Crippen molar-refractivity contribution in [2.75, 3.05) is 38.3 Å². The van der Waals surface area contributed by atoms with Gasteiger partial charge in [-0.3, -0.25) is 0 Å². The molecule has 1 saturated heterocycles. The van der Waals surface area contributed by atoms with Crippen molar-refractivity contribution in [1.29, 1.82) is 0 Å². The number of benzene rings is 1. The first-order valence-electron chi connectivity index (χ1n) is 9.62. The van der Waals surface area contributed by atoms with Gasteiger partial charge in [-0.1, -0.05) is 36.4 Å². The number of fused-ring (bicyclic) bond motifs is 1.